The molecule has 0 spiro atoms. The Hall–Kier alpha value is -3.87. The summed E-state index contributed by atoms with van der Waals surface area (Å²) in [7, 11) is 0. The van der Waals surface area contributed by atoms with Crippen molar-refractivity contribution in [3.63, 3.8) is 0 Å². The molecule has 4 heterocycles. The molecule has 0 amide bonds. The maximum Gasteiger partial charge on any atom is 0.169 e. The Balaban J connectivity index is 1.30. The van der Waals surface area contributed by atoms with E-state index in [0.717, 1.165) is 76.0 Å². The Morgan fingerprint density at radius 2 is 1.89 bits per heavy atom. The molecule has 0 bridgehead atoms. The molecule has 2 saturated heterocycles. The molecule has 1 atom stereocenters. The number of nitrogens with zero attached hydrogens (tertiary/aromatic N) is 6. The quantitative estimate of drug-likeness (QED) is 0.524. The molecule has 2 fully saturated rings. The zero-order valence-electron chi connectivity index (χ0n) is 21.2. The van der Waals surface area contributed by atoms with Crippen LogP contribution in [0, 0.1) is 11.8 Å². The molecule has 0 radical (unpaired) electrons. The summed E-state index contributed by atoms with van der Waals surface area (Å²) in [6.07, 6.45) is 2.79. The lowest BCUT2D eigenvalue weighted by Crippen LogP contribution is -2.36. The molecule has 0 unspecified atom stereocenters. The van der Waals surface area contributed by atoms with E-state index in [0.29, 0.717) is 23.1 Å². The largest absolute Gasteiger partial charge is 0.507 e. The highest BCUT2D eigenvalue weighted by Crippen LogP contribution is 2.32. The lowest BCUT2D eigenvalue weighted by Gasteiger charge is -2.29. The molecule has 192 valence electrons. The minimum absolute atomic E-state index is 0.171. The second kappa shape index (κ2) is 11.5. The second-order valence-electron chi connectivity index (χ2n) is 9.42. The van der Waals surface area contributed by atoms with Gasteiger partial charge in [-0.25, -0.2) is 4.98 Å². The zero-order valence-corrected chi connectivity index (χ0v) is 21.2. The minimum atomic E-state index is 0.171. The third-order valence-corrected chi connectivity index (χ3v) is 6.98. The first-order valence-corrected chi connectivity index (χ1v) is 12.8. The van der Waals surface area contributed by atoms with Crippen LogP contribution in [0.4, 0.5) is 17.2 Å². The van der Waals surface area contributed by atoms with E-state index in [-0.39, 0.29) is 5.75 Å². The number of anilines is 3. The number of phenolic OH excluding ortho intramolecular Hbond substituents is 1. The van der Waals surface area contributed by atoms with Crippen molar-refractivity contribution in [3.05, 3.63) is 54.4 Å². The van der Waals surface area contributed by atoms with Crippen LogP contribution in [0.3, 0.4) is 0 Å². The van der Waals surface area contributed by atoms with E-state index in [1.807, 2.05) is 24.4 Å². The number of phenols is 1. The van der Waals surface area contributed by atoms with E-state index in [1.54, 1.807) is 12.1 Å². The van der Waals surface area contributed by atoms with Crippen molar-refractivity contribution in [1.82, 2.24) is 20.1 Å². The van der Waals surface area contributed by atoms with Gasteiger partial charge < -0.3 is 25.4 Å². The molecule has 9 nitrogen and oxygen atoms in total. The van der Waals surface area contributed by atoms with Crippen LogP contribution >= 0.6 is 0 Å². The van der Waals surface area contributed by atoms with Crippen molar-refractivity contribution >= 4 is 17.2 Å². The average molecular weight is 500 g/mol. The van der Waals surface area contributed by atoms with Gasteiger partial charge in [0.05, 0.1) is 31.1 Å². The average Bonchev–Trinajstić information content (AvgIpc) is 3.12. The molecule has 9 heteroatoms. The summed E-state index contributed by atoms with van der Waals surface area (Å²) >= 11 is 0. The lowest BCUT2D eigenvalue weighted by molar-refractivity contribution is 0.0443. The van der Waals surface area contributed by atoms with Crippen LogP contribution in [-0.2, 0) is 4.74 Å². The van der Waals surface area contributed by atoms with Gasteiger partial charge in [-0.2, -0.15) is 0 Å². The number of ether oxygens (including phenoxy) is 1. The number of aromatic hydroxyl groups is 1. The summed E-state index contributed by atoms with van der Waals surface area (Å²) in [5.74, 6) is 7.07. The van der Waals surface area contributed by atoms with Crippen molar-refractivity contribution in [2.75, 3.05) is 68.0 Å². The van der Waals surface area contributed by atoms with Gasteiger partial charge in [0.15, 0.2) is 5.82 Å². The van der Waals surface area contributed by atoms with Gasteiger partial charge in [0.2, 0.25) is 0 Å². The third kappa shape index (κ3) is 5.93. The van der Waals surface area contributed by atoms with Crippen LogP contribution in [-0.4, -0.2) is 83.7 Å². The first-order chi connectivity index (χ1) is 18.1. The Morgan fingerprint density at radius 1 is 1.05 bits per heavy atom. The number of rotatable bonds is 4. The predicted molar refractivity (Wildman–Crippen MR) is 146 cm³/mol. The highest BCUT2D eigenvalue weighted by molar-refractivity contribution is 5.74. The van der Waals surface area contributed by atoms with Crippen molar-refractivity contribution in [3.8, 4) is 28.8 Å². The van der Waals surface area contributed by atoms with E-state index in [4.69, 9.17) is 10.5 Å². The number of benzene rings is 1. The number of aromatic nitrogens is 3. The van der Waals surface area contributed by atoms with Gasteiger partial charge in [0.25, 0.3) is 0 Å². The van der Waals surface area contributed by atoms with Crippen molar-refractivity contribution in [2.45, 2.75) is 19.4 Å². The van der Waals surface area contributed by atoms with Gasteiger partial charge in [-0.15, -0.1) is 10.2 Å². The number of hydrogen-bond donors (Lipinski definition) is 2. The number of para-hydroxylation sites is 1. The first kappa shape index (κ1) is 24.8. The van der Waals surface area contributed by atoms with E-state index in [9.17, 15) is 5.11 Å². The normalized spacial score (nSPS) is 18.7. The van der Waals surface area contributed by atoms with Crippen LogP contribution in [0.15, 0.2) is 48.7 Å². The summed E-state index contributed by atoms with van der Waals surface area (Å²) in [6, 6.07) is 13.5. The highest BCUT2D eigenvalue weighted by atomic mass is 16.5. The standard InChI is InChI=1S/C28H33N7O2/c1-21-9-12-34(26-20-25(31-32-28(26)29)24-6-2-3-7-27(24)36)13-14-35(21)23-8-10-30-22(19-23)5-4-11-33-15-17-37-18-16-33/h2-3,6-8,10,19-21,36H,9,11-18H2,1H3,(H2,29,32)/t21-/m0/s1. The lowest BCUT2D eigenvalue weighted by atomic mass is 10.1. The molecule has 0 saturated carbocycles. The van der Waals surface area contributed by atoms with Crippen molar-refractivity contribution < 1.29 is 9.84 Å². The molecule has 5 rings (SSSR count). The van der Waals surface area contributed by atoms with Crippen molar-refractivity contribution in [2.24, 2.45) is 0 Å². The van der Waals surface area contributed by atoms with Crippen LogP contribution in [0.1, 0.15) is 19.0 Å². The van der Waals surface area contributed by atoms with Crippen molar-refractivity contribution in [1.29, 1.82) is 0 Å². The van der Waals surface area contributed by atoms with Crippen LogP contribution < -0.4 is 15.5 Å². The fourth-order valence-corrected chi connectivity index (χ4v) is 4.82. The van der Waals surface area contributed by atoms with Crippen LogP contribution in [0.5, 0.6) is 5.75 Å². The van der Waals surface area contributed by atoms with Gasteiger partial charge >= 0.3 is 0 Å². The second-order valence-corrected chi connectivity index (χ2v) is 9.42. The smallest absolute Gasteiger partial charge is 0.169 e. The first-order valence-electron chi connectivity index (χ1n) is 12.8. The molecule has 0 aliphatic carbocycles. The Bertz CT molecular complexity index is 1280. The maximum atomic E-state index is 10.3. The topological polar surface area (TPSA) is 104 Å². The Kier molecular flexibility index (Phi) is 7.68. The van der Waals surface area contributed by atoms with Gasteiger partial charge in [-0.3, -0.25) is 4.90 Å². The zero-order chi connectivity index (χ0) is 25.6. The summed E-state index contributed by atoms with van der Waals surface area (Å²) in [5.41, 5.74) is 10.3. The number of nitrogens with two attached hydrogens (primary N) is 1. The number of morpholine rings is 1. The third-order valence-electron chi connectivity index (χ3n) is 6.98. The van der Waals surface area contributed by atoms with Gasteiger partial charge in [-0.1, -0.05) is 18.1 Å². The Morgan fingerprint density at radius 3 is 2.73 bits per heavy atom. The van der Waals surface area contributed by atoms with Crippen LogP contribution in [0.25, 0.3) is 11.3 Å². The maximum absolute atomic E-state index is 10.3. The fraction of sp³-hybridized carbons (Fsp3) is 0.393. The highest BCUT2D eigenvalue weighted by Gasteiger charge is 2.24. The molecule has 2 aromatic heterocycles. The minimum Gasteiger partial charge on any atom is -0.507 e. The Labute approximate surface area is 217 Å². The van der Waals surface area contributed by atoms with Crippen LogP contribution in [0.2, 0.25) is 0 Å². The van der Waals surface area contributed by atoms with Gasteiger partial charge in [0, 0.05) is 56.2 Å². The molecule has 3 N–H and O–H groups in total. The molecule has 37 heavy (non-hydrogen) atoms. The number of hydrogen-bond acceptors (Lipinski definition) is 9. The van der Waals surface area contributed by atoms with E-state index in [2.05, 4.69) is 60.8 Å². The molecule has 3 aromatic rings. The molecule has 1 aromatic carbocycles. The van der Waals surface area contributed by atoms with E-state index >= 15 is 0 Å². The molecule has 2 aliphatic heterocycles. The van der Waals surface area contributed by atoms with E-state index < -0.39 is 0 Å². The van der Waals surface area contributed by atoms with Gasteiger partial charge in [0.1, 0.15) is 11.4 Å². The monoisotopic (exact) mass is 499 g/mol. The number of pyridine rings is 1. The summed E-state index contributed by atoms with van der Waals surface area (Å²) < 4.78 is 5.41. The van der Waals surface area contributed by atoms with Gasteiger partial charge in [-0.05, 0) is 49.6 Å². The SMILES string of the molecule is C[C@H]1CCN(c2cc(-c3ccccc3O)nnc2N)CCN1c1ccnc(C#CCN2CCOCC2)c1. The number of nitrogen functional groups attached to an aromatic ring is 1. The summed E-state index contributed by atoms with van der Waals surface area (Å²) in [6.45, 7) is 8.81. The molecular formula is C28H33N7O2. The fourth-order valence-electron chi connectivity index (χ4n) is 4.82. The molecule has 2 aliphatic rings. The molecular weight excluding hydrogens is 466 g/mol. The predicted octanol–water partition coefficient (Wildman–Crippen LogP) is 2.62. The summed E-state index contributed by atoms with van der Waals surface area (Å²) in [4.78, 5) is 11.4. The summed E-state index contributed by atoms with van der Waals surface area (Å²) in [5, 5.41) is 18.7. The van der Waals surface area contributed by atoms with E-state index in [1.165, 1.54) is 0 Å².